The lowest BCUT2D eigenvalue weighted by atomic mass is 9.99. The summed E-state index contributed by atoms with van der Waals surface area (Å²) >= 11 is 0. The minimum absolute atomic E-state index is 0.266. The number of rotatable bonds is 7. The molecule has 1 aromatic rings. The van der Waals surface area contributed by atoms with Crippen LogP contribution >= 0.6 is 0 Å². The predicted molar refractivity (Wildman–Crippen MR) is 82.2 cm³/mol. The van der Waals surface area contributed by atoms with Crippen LogP contribution in [0, 0.1) is 0 Å². The highest BCUT2D eigenvalue weighted by Gasteiger charge is 2.27. The molecule has 0 aliphatic carbocycles. The lowest BCUT2D eigenvalue weighted by molar-refractivity contribution is -0.120. The average Bonchev–Trinajstić information content (AvgIpc) is 2.47. The molecule has 0 bridgehead atoms. The van der Waals surface area contributed by atoms with Gasteiger partial charge in [0.25, 0.3) is 5.91 Å². The van der Waals surface area contributed by atoms with Gasteiger partial charge in [0.05, 0.1) is 23.4 Å². The number of benzene rings is 1. The van der Waals surface area contributed by atoms with Crippen molar-refractivity contribution in [2.24, 2.45) is 5.73 Å². The fourth-order valence-electron chi connectivity index (χ4n) is 1.58. The first-order valence-electron chi connectivity index (χ1n) is 6.89. The monoisotopic (exact) mass is 293 g/mol. The van der Waals surface area contributed by atoms with E-state index < -0.39 is 5.54 Å². The quantitative estimate of drug-likeness (QED) is 0.657. The van der Waals surface area contributed by atoms with E-state index in [9.17, 15) is 9.59 Å². The molecule has 0 aliphatic rings. The summed E-state index contributed by atoms with van der Waals surface area (Å²) in [5.41, 5.74) is 5.77. The van der Waals surface area contributed by atoms with Crippen LogP contribution in [0.2, 0.25) is 0 Å². The van der Waals surface area contributed by atoms with Gasteiger partial charge in [-0.25, -0.2) is 0 Å². The van der Waals surface area contributed by atoms with Gasteiger partial charge in [0, 0.05) is 13.7 Å². The average molecular weight is 293 g/mol. The molecule has 0 saturated carbocycles. The summed E-state index contributed by atoms with van der Waals surface area (Å²) in [6.07, 6.45) is 0.501. The van der Waals surface area contributed by atoms with Gasteiger partial charge < -0.3 is 21.1 Å². The maximum atomic E-state index is 12.1. The van der Waals surface area contributed by atoms with Crippen molar-refractivity contribution in [3.8, 4) is 0 Å². The molecule has 0 saturated heterocycles. The molecule has 1 rings (SSSR count). The van der Waals surface area contributed by atoms with Crippen LogP contribution in [0.5, 0.6) is 0 Å². The first-order chi connectivity index (χ1) is 9.92. The molecule has 1 aromatic carbocycles. The SMILES string of the molecule is CCC(C)(N)C(=O)Nc1ccccc1C(=O)NCCOC. The number of amides is 2. The highest BCUT2D eigenvalue weighted by atomic mass is 16.5. The van der Waals surface area contributed by atoms with Crippen molar-refractivity contribution < 1.29 is 14.3 Å². The van der Waals surface area contributed by atoms with Crippen molar-refractivity contribution in [2.45, 2.75) is 25.8 Å². The van der Waals surface area contributed by atoms with E-state index in [2.05, 4.69) is 10.6 Å². The zero-order valence-electron chi connectivity index (χ0n) is 12.7. The van der Waals surface area contributed by atoms with Gasteiger partial charge in [0.2, 0.25) is 5.91 Å². The molecule has 0 aliphatic heterocycles. The molecule has 21 heavy (non-hydrogen) atoms. The topological polar surface area (TPSA) is 93.5 Å². The van der Waals surface area contributed by atoms with Crippen LogP contribution in [0.4, 0.5) is 5.69 Å². The van der Waals surface area contributed by atoms with E-state index in [-0.39, 0.29) is 11.8 Å². The molecule has 116 valence electrons. The van der Waals surface area contributed by atoms with Crippen LogP contribution in [-0.4, -0.2) is 37.6 Å². The Hall–Kier alpha value is -1.92. The Bertz CT molecular complexity index is 501. The fraction of sp³-hybridized carbons (Fsp3) is 0.467. The number of hydrogen-bond donors (Lipinski definition) is 3. The van der Waals surface area contributed by atoms with E-state index >= 15 is 0 Å². The van der Waals surface area contributed by atoms with Crippen LogP contribution in [0.15, 0.2) is 24.3 Å². The maximum absolute atomic E-state index is 12.1. The highest BCUT2D eigenvalue weighted by molar-refractivity contribution is 6.05. The van der Waals surface area contributed by atoms with Crippen LogP contribution in [0.3, 0.4) is 0 Å². The third kappa shape index (κ3) is 4.84. The Labute approximate surface area is 125 Å². The molecular weight excluding hydrogens is 270 g/mol. The zero-order chi connectivity index (χ0) is 15.9. The van der Waals surface area contributed by atoms with E-state index in [0.717, 1.165) is 0 Å². The third-order valence-corrected chi connectivity index (χ3v) is 3.26. The molecule has 4 N–H and O–H groups in total. The normalized spacial score (nSPS) is 13.3. The van der Waals surface area contributed by atoms with Gasteiger partial charge in [-0.2, -0.15) is 0 Å². The van der Waals surface area contributed by atoms with Gasteiger partial charge in [-0.1, -0.05) is 19.1 Å². The molecule has 1 unspecified atom stereocenters. The van der Waals surface area contributed by atoms with Crippen molar-refractivity contribution in [3.63, 3.8) is 0 Å². The van der Waals surface area contributed by atoms with Gasteiger partial charge in [-0.3, -0.25) is 9.59 Å². The first kappa shape index (κ1) is 17.1. The van der Waals surface area contributed by atoms with E-state index in [4.69, 9.17) is 10.5 Å². The summed E-state index contributed by atoms with van der Waals surface area (Å²) in [6, 6.07) is 6.82. The molecule has 0 heterocycles. The van der Waals surface area contributed by atoms with Gasteiger partial charge in [-0.15, -0.1) is 0 Å². The van der Waals surface area contributed by atoms with Crippen LogP contribution in [0.1, 0.15) is 30.6 Å². The summed E-state index contributed by atoms with van der Waals surface area (Å²) in [4.78, 5) is 24.2. The minimum Gasteiger partial charge on any atom is -0.383 e. The number of ether oxygens (including phenoxy) is 1. The molecule has 6 heteroatoms. The predicted octanol–water partition coefficient (Wildman–Crippen LogP) is 1.13. The molecule has 1 atom stereocenters. The molecule has 0 spiro atoms. The summed E-state index contributed by atoms with van der Waals surface area (Å²) in [7, 11) is 1.56. The van der Waals surface area contributed by atoms with Crippen molar-refractivity contribution in [3.05, 3.63) is 29.8 Å². The van der Waals surface area contributed by atoms with Crippen molar-refractivity contribution in [1.82, 2.24) is 5.32 Å². The second kappa shape index (κ2) is 7.75. The number of carbonyl (C=O) groups excluding carboxylic acids is 2. The summed E-state index contributed by atoms with van der Waals surface area (Å²) < 4.78 is 4.88. The summed E-state index contributed by atoms with van der Waals surface area (Å²) in [6.45, 7) is 4.32. The Kier molecular flexibility index (Phi) is 6.33. The molecule has 2 amide bonds. The van der Waals surface area contributed by atoms with Gasteiger partial charge in [0.1, 0.15) is 0 Å². The van der Waals surface area contributed by atoms with Gasteiger partial charge >= 0.3 is 0 Å². The van der Waals surface area contributed by atoms with E-state index in [1.54, 1.807) is 38.3 Å². The maximum Gasteiger partial charge on any atom is 0.253 e. The van der Waals surface area contributed by atoms with E-state index in [1.165, 1.54) is 0 Å². The van der Waals surface area contributed by atoms with Crippen molar-refractivity contribution in [1.29, 1.82) is 0 Å². The van der Waals surface area contributed by atoms with Crippen LogP contribution in [0.25, 0.3) is 0 Å². The third-order valence-electron chi connectivity index (χ3n) is 3.26. The minimum atomic E-state index is -0.973. The number of para-hydroxylation sites is 1. The van der Waals surface area contributed by atoms with Crippen molar-refractivity contribution in [2.75, 3.05) is 25.6 Å². The Morgan fingerprint density at radius 2 is 2.00 bits per heavy atom. The second-order valence-electron chi connectivity index (χ2n) is 5.02. The van der Waals surface area contributed by atoms with E-state index in [1.807, 2.05) is 6.92 Å². The lowest BCUT2D eigenvalue weighted by Crippen LogP contribution is -2.48. The van der Waals surface area contributed by atoms with E-state index in [0.29, 0.717) is 30.8 Å². The second-order valence-corrected chi connectivity index (χ2v) is 5.02. The number of nitrogens with two attached hydrogens (primary N) is 1. The molecular formula is C15H23N3O3. The van der Waals surface area contributed by atoms with Crippen molar-refractivity contribution >= 4 is 17.5 Å². The van der Waals surface area contributed by atoms with Gasteiger partial charge in [-0.05, 0) is 25.5 Å². The first-order valence-corrected chi connectivity index (χ1v) is 6.89. The molecule has 6 nitrogen and oxygen atoms in total. The number of nitrogens with one attached hydrogen (secondary N) is 2. The molecule has 0 aromatic heterocycles. The van der Waals surface area contributed by atoms with Crippen LogP contribution < -0.4 is 16.4 Å². The number of anilines is 1. The van der Waals surface area contributed by atoms with Gasteiger partial charge in [0.15, 0.2) is 0 Å². The lowest BCUT2D eigenvalue weighted by Gasteiger charge is -2.22. The Morgan fingerprint density at radius 3 is 2.62 bits per heavy atom. The summed E-state index contributed by atoms with van der Waals surface area (Å²) in [5, 5.41) is 5.44. The number of methoxy groups -OCH3 is 1. The fourth-order valence-corrected chi connectivity index (χ4v) is 1.58. The Morgan fingerprint density at radius 1 is 1.33 bits per heavy atom. The Balaban J connectivity index is 2.84. The molecule has 0 fully saturated rings. The smallest absolute Gasteiger partial charge is 0.253 e. The highest BCUT2D eigenvalue weighted by Crippen LogP contribution is 2.17. The summed E-state index contributed by atoms with van der Waals surface area (Å²) in [5.74, 6) is -0.583. The van der Waals surface area contributed by atoms with Crippen LogP contribution in [-0.2, 0) is 9.53 Å². The number of hydrogen-bond acceptors (Lipinski definition) is 4. The standard InChI is InChI=1S/C15H23N3O3/c1-4-15(2,16)14(20)18-12-8-6-5-7-11(12)13(19)17-9-10-21-3/h5-8H,4,9-10,16H2,1-3H3,(H,17,19)(H,18,20). The number of carbonyl (C=O) groups is 2. The molecule has 0 radical (unpaired) electrons. The largest absolute Gasteiger partial charge is 0.383 e. The zero-order valence-corrected chi connectivity index (χ0v) is 12.7.